The van der Waals surface area contributed by atoms with Gasteiger partial charge in [-0.1, -0.05) is 48.6 Å². The van der Waals surface area contributed by atoms with Gasteiger partial charge in [0.05, 0.1) is 0 Å². The minimum Gasteiger partial charge on any atom is -0.276 e. The zero-order valence-electron chi connectivity index (χ0n) is 6.98. The van der Waals surface area contributed by atoms with Crippen molar-refractivity contribution >= 4 is 22.9 Å². The summed E-state index contributed by atoms with van der Waals surface area (Å²) in [6.45, 7) is 0. The highest BCUT2D eigenvalue weighted by Crippen LogP contribution is 2.00. The van der Waals surface area contributed by atoms with Gasteiger partial charge in [-0.2, -0.15) is 0 Å². The van der Waals surface area contributed by atoms with Crippen molar-refractivity contribution < 1.29 is 4.79 Å². The van der Waals surface area contributed by atoms with Gasteiger partial charge in [-0.15, -0.1) is 0 Å². The van der Waals surface area contributed by atoms with Crippen LogP contribution >= 0.6 is 11.6 Å². The Labute approximate surface area is 82.3 Å². The lowest BCUT2D eigenvalue weighted by Crippen LogP contribution is -1.72. The summed E-state index contributed by atoms with van der Waals surface area (Å²) in [4.78, 5) is 10.3. The Kier molecular flexibility index (Phi) is 4.00. The molecule has 0 atom stereocenters. The third-order valence-electron chi connectivity index (χ3n) is 1.43. The van der Waals surface area contributed by atoms with Gasteiger partial charge < -0.3 is 0 Å². The molecule has 0 aliphatic rings. The molecular formula is C11H9ClO. The van der Waals surface area contributed by atoms with Crippen molar-refractivity contribution in [1.29, 1.82) is 0 Å². The third kappa shape index (κ3) is 4.28. The van der Waals surface area contributed by atoms with E-state index in [0.717, 1.165) is 5.56 Å². The zero-order chi connectivity index (χ0) is 9.52. The van der Waals surface area contributed by atoms with Gasteiger partial charge in [0.15, 0.2) is 0 Å². The Morgan fingerprint density at radius 1 is 1.15 bits per heavy atom. The first-order chi connectivity index (χ1) is 6.29. The van der Waals surface area contributed by atoms with Gasteiger partial charge in [0, 0.05) is 0 Å². The fourth-order valence-electron chi connectivity index (χ4n) is 0.862. The smallest absolute Gasteiger partial charge is 0.245 e. The lowest BCUT2D eigenvalue weighted by molar-refractivity contribution is -0.107. The molecule has 0 radical (unpaired) electrons. The summed E-state index contributed by atoms with van der Waals surface area (Å²) in [5, 5.41) is -0.460. The molecule has 0 fully saturated rings. The number of benzene rings is 1. The van der Waals surface area contributed by atoms with E-state index in [1.165, 1.54) is 6.08 Å². The van der Waals surface area contributed by atoms with E-state index >= 15 is 0 Å². The van der Waals surface area contributed by atoms with Crippen LogP contribution in [-0.4, -0.2) is 5.24 Å². The summed E-state index contributed by atoms with van der Waals surface area (Å²) in [6.07, 6.45) is 6.59. The molecule has 66 valence electrons. The van der Waals surface area contributed by atoms with Gasteiger partial charge in [-0.25, -0.2) is 0 Å². The van der Waals surface area contributed by atoms with Crippen molar-refractivity contribution in [3.63, 3.8) is 0 Å². The van der Waals surface area contributed by atoms with Crippen LogP contribution < -0.4 is 0 Å². The minimum absolute atomic E-state index is 0.460. The summed E-state index contributed by atoms with van der Waals surface area (Å²) in [5.41, 5.74) is 1.09. The summed E-state index contributed by atoms with van der Waals surface area (Å²) < 4.78 is 0. The Morgan fingerprint density at radius 2 is 1.85 bits per heavy atom. The first-order valence-electron chi connectivity index (χ1n) is 3.88. The zero-order valence-corrected chi connectivity index (χ0v) is 7.74. The van der Waals surface area contributed by atoms with E-state index in [2.05, 4.69) is 0 Å². The largest absolute Gasteiger partial charge is 0.276 e. The highest BCUT2D eigenvalue weighted by Gasteiger charge is 1.82. The number of carbonyl (C=O) groups is 1. The van der Waals surface area contributed by atoms with Crippen molar-refractivity contribution in [2.24, 2.45) is 0 Å². The quantitative estimate of drug-likeness (QED) is 0.409. The van der Waals surface area contributed by atoms with Crippen LogP contribution in [0.2, 0.25) is 0 Å². The van der Waals surface area contributed by atoms with Crippen LogP contribution in [0.15, 0.2) is 48.6 Å². The second kappa shape index (κ2) is 5.33. The molecule has 1 nitrogen and oxygen atoms in total. The fourth-order valence-corrected chi connectivity index (χ4v) is 0.935. The maximum absolute atomic E-state index is 10.3. The number of halogens is 1. The third-order valence-corrected chi connectivity index (χ3v) is 1.55. The van der Waals surface area contributed by atoms with Gasteiger partial charge in [0.25, 0.3) is 0 Å². The van der Waals surface area contributed by atoms with Crippen LogP contribution in [0.4, 0.5) is 0 Å². The molecule has 0 bridgehead atoms. The molecule has 0 aromatic heterocycles. The Balaban J connectivity index is 2.55. The van der Waals surface area contributed by atoms with Gasteiger partial charge >= 0.3 is 0 Å². The van der Waals surface area contributed by atoms with Gasteiger partial charge in [-0.3, -0.25) is 4.79 Å². The van der Waals surface area contributed by atoms with E-state index in [1.807, 2.05) is 36.4 Å². The molecule has 1 rings (SSSR count). The van der Waals surface area contributed by atoms with Crippen LogP contribution in [0.3, 0.4) is 0 Å². The molecule has 13 heavy (non-hydrogen) atoms. The molecule has 0 amide bonds. The van der Waals surface area contributed by atoms with Gasteiger partial charge in [0.2, 0.25) is 5.24 Å². The predicted octanol–water partition coefficient (Wildman–Crippen LogP) is 3.02. The number of hydrogen-bond donors (Lipinski definition) is 0. The molecule has 0 N–H and O–H groups in total. The second-order valence-electron chi connectivity index (χ2n) is 2.43. The molecule has 2 heteroatoms. The molecule has 0 spiro atoms. The lowest BCUT2D eigenvalue weighted by Gasteiger charge is -1.87. The van der Waals surface area contributed by atoms with Crippen molar-refractivity contribution in [1.82, 2.24) is 0 Å². The maximum Gasteiger partial charge on any atom is 0.245 e. The SMILES string of the molecule is O=C(Cl)/C=C\C=C\c1ccccc1. The second-order valence-corrected chi connectivity index (χ2v) is 2.81. The first kappa shape index (κ1) is 9.75. The van der Waals surface area contributed by atoms with Crippen molar-refractivity contribution in [2.45, 2.75) is 0 Å². The maximum atomic E-state index is 10.3. The molecule has 0 aliphatic carbocycles. The average molecular weight is 193 g/mol. The molecule has 1 aromatic carbocycles. The lowest BCUT2D eigenvalue weighted by atomic mass is 10.2. The van der Waals surface area contributed by atoms with Gasteiger partial charge in [-0.05, 0) is 23.2 Å². The molecular weight excluding hydrogens is 184 g/mol. The van der Waals surface area contributed by atoms with Crippen LogP contribution in [0, 0.1) is 0 Å². The Hall–Kier alpha value is -1.34. The fraction of sp³-hybridized carbons (Fsp3) is 0. The molecule has 0 unspecified atom stereocenters. The van der Waals surface area contributed by atoms with E-state index < -0.39 is 5.24 Å². The van der Waals surface area contributed by atoms with Crippen molar-refractivity contribution in [3.05, 3.63) is 54.1 Å². The van der Waals surface area contributed by atoms with E-state index in [0.29, 0.717) is 0 Å². The Bertz CT molecular complexity index is 325. The summed E-state index contributed by atoms with van der Waals surface area (Å²) in [5.74, 6) is 0. The van der Waals surface area contributed by atoms with E-state index in [-0.39, 0.29) is 0 Å². The summed E-state index contributed by atoms with van der Waals surface area (Å²) >= 11 is 5.10. The van der Waals surface area contributed by atoms with Gasteiger partial charge in [0.1, 0.15) is 0 Å². The monoisotopic (exact) mass is 192 g/mol. The topological polar surface area (TPSA) is 17.1 Å². The Morgan fingerprint density at radius 3 is 2.46 bits per heavy atom. The van der Waals surface area contributed by atoms with E-state index in [1.54, 1.807) is 12.2 Å². The van der Waals surface area contributed by atoms with Crippen LogP contribution in [0.1, 0.15) is 5.56 Å². The molecule has 0 saturated carbocycles. The molecule has 0 saturated heterocycles. The number of hydrogen-bond acceptors (Lipinski definition) is 1. The van der Waals surface area contributed by atoms with Crippen molar-refractivity contribution in [3.8, 4) is 0 Å². The highest BCUT2D eigenvalue weighted by atomic mass is 35.5. The minimum atomic E-state index is -0.460. The van der Waals surface area contributed by atoms with Crippen molar-refractivity contribution in [2.75, 3.05) is 0 Å². The number of carbonyl (C=O) groups excluding carboxylic acids is 1. The molecule has 0 heterocycles. The van der Waals surface area contributed by atoms with Crippen LogP contribution in [0.5, 0.6) is 0 Å². The normalized spacial score (nSPS) is 11.2. The summed E-state index contributed by atoms with van der Waals surface area (Å²) in [7, 11) is 0. The van der Waals surface area contributed by atoms with E-state index in [9.17, 15) is 4.79 Å². The van der Waals surface area contributed by atoms with Crippen LogP contribution in [-0.2, 0) is 4.79 Å². The van der Waals surface area contributed by atoms with Crippen LogP contribution in [0.25, 0.3) is 6.08 Å². The van der Waals surface area contributed by atoms with E-state index in [4.69, 9.17) is 11.6 Å². The molecule has 0 aliphatic heterocycles. The average Bonchev–Trinajstić information content (AvgIpc) is 2.14. The first-order valence-corrected chi connectivity index (χ1v) is 4.26. The standard InChI is InChI=1S/C11H9ClO/c12-11(13)9-5-4-8-10-6-2-1-3-7-10/h1-9H/b8-4+,9-5-. The molecule has 1 aromatic rings. The number of rotatable bonds is 3. The predicted molar refractivity (Wildman–Crippen MR) is 55.5 cm³/mol. The summed E-state index contributed by atoms with van der Waals surface area (Å²) in [6, 6.07) is 9.82. The highest BCUT2D eigenvalue weighted by molar-refractivity contribution is 6.66. The number of allylic oxidation sites excluding steroid dienone is 3.